The number of rotatable bonds is 11. The molecule has 8 heteroatoms. The van der Waals surface area contributed by atoms with Crippen LogP contribution in [0.4, 0.5) is 0 Å². The summed E-state index contributed by atoms with van der Waals surface area (Å²) in [4.78, 5) is 50.9. The second-order valence-corrected chi connectivity index (χ2v) is 13.4. The van der Waals surface area contributed by atoms with E-state index in [1.54, 1.807) is 24.3 Å². The maximum Gasteiger partial charge on any atom is 0.253 e. The fourth-order valence-electron chi connectivity index (χ4n) is 6.41. The van der Waals surface area contributed by atoms with Gasteiger partial charge in [-0.2, -0.15) is 0 Å². The summed E-state index contributed by atoms with van der Waals surface area (Å²) in [6, 6.07) is 6.66. The molecular formula is C38H64N4O4. The molecule has 4 N–H and O–H groups in total. The van der Waals surface area contributed by atoms with Crippen LogP contribution in [0.3, 0.4) is 0 Å². The average molecular weight is 641 g/mol. The van der Waals surface area contributed by atoms with E-state index < -0.39 is 5.91 Å². The zero-order chi connectivity index (χ0) is 33.2. The molecule has 46 heavy (non-hydrogen) atoms. The van der Waals surface area contributed by atoms with Crippen LogP contribution < -0.4 is 11.5 Å². The zero-order valence-electron chi connectivity index (χ0n) is 28.8. The third-order valence-electron chi connectivity index (χ3n) is 9.33. The minimum atomic E-state index is -0.464. The van der Waals surface area contributed by atoms with Gasteiger partial charge in [0, 0.05) is 50.1 Å². The maximum atomic E-state index is 12.6. The van der Waals surface area contributed by atoms with E-state index in [-0.39, 0.29) is 11.8 Å². The number of hydrogen-bond donors (Lipinski definition) is 2. The third-order valence-corrected chi connectivity index (χ3v) is 9.33. The summed E-state index contributed by atoms with van der Waals surface area (Å²) in [6.45, 7) is 3.59. The highest BCUT2D eigenvalue weighted by Crippen LogP contribution is 2.16. The van der Waals surface area contributed by atoms with Gasteiger partial charge in [-0.3, -0.25) is 19.2 Å². The lowest BCUT2D eigenvalue weighted by Crippen LogP contribution is -2.33. The SMILES string of the molecule is NC(=O)CCCCCCCCC(=O)N1CCCCCCCCCC1.NC(=O)c1ccc(C(=O)N2CCCCCCCCCC2)cc1. The highest BCUT2D eigenvalue weighted by Gasteiger charge is 2.16. The molecule has 2 aliphatic heterocycles. The van der Waals surface area contributed by atoms with Crippen molar-refractivity contribution in [3.8, 4) is 0 Å². The Kier molecular flexibility index (Phi) is 21.5. The first-order chi connectivity index (χ1) is 22.4. The number of amides is 4. The molecule has 2 heterocycles. The molecule has 0 aromatic heterocycles. The Bertz CT molecular complexity index is 973. The van der Waals surface area contributed by atoms with Crippen molar-refractivity contribution in [2.24, 2.45) is 11.5 Å². The van der Waals surface area contributed by atoms with E-state index in [2.05, 4.69) is 4.90 Å². The standard InChI is InChI=1S/C20H38N2O2.C18H26N2O2/c21-19(23)15-11-7-3-4-8-12-16-20(24)22-17-13-9-5-1-2-6-10-14-18-22;19-17(21)15-9-11-16(12-10-15)18(22)20-13-7-5-3-1-2-4-6-8-14-20/h1-18H2,(H2,21,23);9-12H,1-8,13-14H2,(H2,19,21). The Hall–Kier alpha value is -2.90. The Morgan fingerprint density at radius 2 is 0.804 bits per heavy atom. The van der Waals surface area contributed by atoms with Crippen LogP contribution in [0.15, 0.2) is 24.3 Å². The minimum absolute atomic E-state index is 0.0651. The number of primary amides is 2. The van der Waals surface area contributed by atoms with Gasteiger partial charge in [-0.15, -0.1) is 0 Å². The number of nitrogens with zero attached hydrogens (tertiary/aromatic N) is 2. The topological polar surface area (TPSA) is 127 Å². The monoisotopic (exact) mass is 640 g/mol. The second-order valence-electron chi connectivity index (χ2n) is 13.4. The molecule has 0 radical (unpaired) electrons. The van der Waals surface area contributed by atoms with Crippen LogP contribution in [0.2, 0.25) is 0 Å². The largest absolute Gasteiger partial charge is 0.370 e. The van der Waals surface area contributed by atoms with Crippen molar-refractivity contribution in [1.82, 2.24) is 9.80 Å². The molecule has 0 saturated carbocycles. The summed E-state index contributed by atoms with van der Waals surface area (Å²) in [5, 5.41) is 0. The summed E-state index contributed by atoms with van der Waals surface area (Å²) >= 11 is 0. The first kappa shape index (κ1) is 39.3. The molecule has 4 amide bonds. The molecule has 0 bridgehead atoms. The predicted molar refractivity (Wildman–Crippen MR) is 187 cm³/mol. The van der Waals surface area contributed by atoms with Crippen molar-refractivity contribution in [3.05, 3.63) is 35.4 Å². The summed E-state index contributed by atoms with van der Waals surface area (Å²) < 4.78 is 0. The highest BCUT2D eigenvalue weighted by molar-refractivity contribution is 5.97. The molecule has 0 unspecified atom stereocenters. The van der Waals surface area contributed by atoms with Crippen LogP contribution in [0.5, 0.6) is 0 Å². The quantitative estimate of drug-likeness (QED) is 0.238. The zero-order valence-corrected chi connectivity index (χ0v) is 28.8. The van der Waals surface area contributed by atoms with E-state index in [0.29, 0.717) is 29.9 Å². The summed E-state index contributed by atoms with van der Waals surface area (Å²) in [5.41, 5.74) is 11.4. The van der Waals surface area contributed by atoms with E-state index in [0.717, 1.165) is 77.5 Å². The van der Waals surface area contributed by atoms with E-state index in [1.165, 1.54) is 89.9 Å². The fourth-order valence-corrected chi connectivity index (χ4v) is 6.41. The number of benzene rings is 1. The Balaban J connectivity index is 0.000000321. The molecule has 260 valence electrons. The normalized spacial score (nSPS) is 17.4. The first-order valence-corrected chi connectivity index (χ1v) is 18.6. The number of unbranched alkanes of at least 4 members (excludes halogenated alkanes) is 5. The molecule has 0 atom stereocenters. The van der Waals surface area contributed by atoms with Gasteiger partial charge in [0.15, 0.2) is 0 Å². The van der Waals surface area contributed by atoms with Gasteiger partial charge in [-0.25, -0.2) is 0 Å². The Morgan fingerprint density at radius 1 is 0.457 bits per heavy atom. The maximum absolute atomic E-state index is 12.6. The molecule has 0 aliphatic carbocycles. The van der Waals surface area contributed by atoms with E-state index >= 15 is 0 Å². The fraction of sp³-hybridized carbons (Fsp3) is 0.737. The van der Waals surface area contributed by atoms with Gasteiger partial charge >= 0.3 is 0 Å². The van der Waals surface area contributed by atoms with E-state index in [4.69, 9.17) is 11.5 Å². The van der Waals surface area contributed by atoms with Gasteiger partial charge in [0.1, 0.15) is 0 Å². The lowest BCUT2D eigenvalue weighted by atomic mass is 10.1. The molecule has 0 spiro atoms. The second kappa shape index (κ2) is 25.2. The van der Waals surface area contributed by atoms with Crippen LogP contribution in [0.1, 0.15) is 175 Å². The average Bonchev–Trinajstić information content (AvgIpc) is 3.16. The van der Waals surface area contributed by atoms with Gasteiger partial charge in [-0.05, 0) is 62.8 Å². The molecule has 3 rings (SSSR count). The number of hydrogen-bond acceptors (Lipinski definition) is 4. The minimum Gasteiger partial charge on any atom is -0.370 e. The molecule has 2 aliphatic rings. The Morgan fingerprint density at radius 3 is 1.22 bits per heavy atom. The smallest absolute Gasteiger partial charge is 0.253 e. The van der Waals surface area contributed by atoms with Crippen molar-refractivity contribution in [3.63, 3.8) is 0 Å². The van der Waals surface area contributed by atoms with Crippen LogP contribution in [0.25, 0.3) is 0 Å². The van der Waals surface area contributed by atoms with Crippen molar-refractivity contribution in [2.45, 2.75) is 154 Å². The lowest BCUT2D eigenvalue weighted by Gasteiger charge is -2.22. The van der Waals surface area contributed by atoms with Crippen molar-refractivity contribution in [2.75, 3.05) is 26.2 Å². The van der Waals surface area contributed by atoms with Crippen LogP contribution in [-0.4, -0.2) is 59.6 Å². The van der Waals surface area contributed by atoms with Gasteiger partial charge in [0.25, 0.3) is 5.91 Å². The van der Waals surface area contributed by atoms with Crippen LogP contribution >= 0.6 is 0 Å². The van der Waals surface area contributed by atoms with Crippen LogP contribution in [0, 0.1) is 0 Å². The van der Waals surface area contributed by atoms with Crippen LogP contribution in [-0.2, 0) is 9.59 Å². The van der Waals surface area contributed by atoms with E-state index in [1.807, 2.05) is 4.90 Å². The molecule has 1 aromatic carbocycles. The molecule has 8 nitrogen and oxygen atoms in total. The van der Waals surface area contributed by atoms with Crippen molar-refractivity contribution < 1.29 is 19.2 Å². The summed E-state index contributed by atoms with van der Waals surface area (Å²) in [7, 11) is 0. The number of nitrogens with two attached hydrogens (primary N) is 2. The number of carbonyl (C=O) groups excluding carboxylic acids is 4. The number of carbonyl (C=O) groups is 4. The molecule has 2 saturated heterocycles. The van der Waals surface area contributed by atoms with Gasteiger partial charge in [0.2, 0.25) is 17.7 Å². The van der Waals surface area contributed by atoms with Crippen molar-refractivity contribution >= 4 is 23.6 Å². The summed E-state index contributed by atoms with van der Waals surface area (Å²) in [5.74, 6) is -0.233. The Labute approximate surface area is 279 Å². The van der Waals surface area contributed by atoms with Gasteiger partial charge in [0.05, 0.1) is 0 Å². The first-order valence-electron chi connectivity index (χ1n) is 18.6. The lowest BCUT2D eigenvalue weighted by molar-refractivity contribution is -0.131. The van der Waals surface area contributed by atoms with Crippen molar-refractivity contribution in [1.29, 1.82) is 0 Å². The molecule has 2 fully saturated rings. The molecule has 1 aromatic rings. The van der Waals surface area contributed by atoms with Gasteiger partial charge in [-0.1, -0.05) is 103 Å². The van der Waals surface area contributed by atoms with E-state index in [9.17, 15) is 19.2 Å². The van der Waals surface area contributed by atoms with Gasteiger partial charge < -0.3 is 21.3 Å². The highest BCUT2D eigenvalue weighted by atomic mass is 16.2. The third kappa shape index (κ3) is 18.3. The summed E-state index contributed by atoms with van der Waals surface area (Å²) in [6.07, 6.45) is 27.6. The predicted octanol–water partition coefficient (Wildman–Crippen LogP) is 7.92. The molecular weight excluding hydrogens is 576 g/mol.